The summed E-state index contributed by atoms with van der Waals surface area (Å²) in [5.41, 5.74) is 1.64. The van der Waals surface area contributed by atoms with Crippen LogP contribution in [0.3, 0.4) is 0 Å². The Hall–Kier alpha value is -1.65. The zero-order valence-corrected chi connectivity index (χ0v) is 35.2. The van der Waals surface area contributed by atoms with Gasteiger partial charge in [0.05, 0.1) is 5.41 Å². The number of carboxylic acids is 1. The Morgan fingerprint density at radius 1 is 0.964 bits per heavy atom. The van der Waals surface area contributed by atoms with Gasteiger partial charge in [-0.2, -0.15) is 13.2 Å². The van der Waals surface area contributed by atoms with E-state index in [1.807, 2.05) is 11.0 Å². The van der Waals surface area contributed by atoms with E-state index in [9.17, 15) is 18.5 Å². The fraction of sp³-hybridized carbons (Fsp3) is 0.822. The molecule has 6 aliphatic carbocycles. The third kappa shape index (κ3) is 6.46. The number of carbonyl (C=O) groups is 1. The second-order valence-electron chi connectivity index (χ2n) is 21.0. The molecule has 0 aromatic heterocycles. The van der Waals surface area contributed by atoms with Crippen molar-refractivity contribution in [1.82, 2.24) is 10.2 Å². The lowest BCUT2D eigenvalue weighted by atomic mass is 9.33. The number of rotatable bonds is 8. The standard InChI is InChI=1S/C45H68F4N2O3S/c1-29(2)31-13-20-44(50-36(45(47,48)49)27-51-23-25-55(8,54)26-24-51)22-21-41(6)33(37(31)44)9-10-35-40(5)16-14-32(39(3,4)34(40)15-17-42(35,41)7)30-11-18-43(28-46,19-12-30)38(52)53/h11,14,31,33-37,50H,1,8-10,12-13,15-28H2,2-7H3,(H,52,53)/t31-,33+,34-,35+,36?,37+,40-,41+,42+,43-,44-/m0/s1. The Kier molecular flexibility index (Phi) is 10.3. The largest absolute Gasteiger partial charge is 0.481 e. The number of carboxylic acid groups (broad SMARTS) is 1. The molecule has 2 N–H and O–H groups in total. The van der Waals surface area contributed by atoms with Crippen LogP contribution in [0, 0.1) is 56.7 Å². The van der Waals surface area contributed by atoms with Crippen LogP contribution in [-0.2, 0) is 14.3 Å². The summed E-state index contributed by atoms with van der Waals surface area (Å²) in [6, 6.07) is -1.65. The zero-order chi connectivity index (χ0) is 40.2. The van der Waals surface area contributed by atoms with Crippen molar-refractivity contribution in [3.05, 3.63) is 35.5 Å². The summed E-state index contributed by atoms with van der Waals surface area (Å²) in [4.78, 5) is 13.8. The summed E-state index contributed by atoms with van der Waals surface area (Å²) in [6.45, 7) is 18.7. The van der Waals surface area contributed by atoms with Crippen LogP contribution in [0.4, 0.5) is 17.6 Å². The van der Waals surface area contributed by atoms with Crippen molar-refractivity contribution in [3.63, 3.8) is 0 Å². The van der Waals surface area contributed by atoms with E-state index in [2.05, 4.69) is 65.4 Å². The minimum absolute atomic E-state index is 0.0285. The maximum atomic E-state index is 15.1. The first kappa shape index (κ1) is 41.5. The van der Waals surface area contributed by atoms with Crippen LogP contribution in [0.15, 0.2) is 35.5 Å². The molecule has 5 fully saturated rings. The third-order valence-corrected chi connectivity index (χ3v) is 20.0. The lowest BCUT2D eigenvalue weighted by molar-refractivity contribution is -0.225. The molecule has 0 bridgehead atoms. The maximum absolute atomic E-state index is 15.1. The fourth-order valence-corrected chi connectivity index (χ4v) is 16.3. The van der Waals surface area contributed by atoms with Gasteiger partial charge >= 0.3 is 12.1 Å². The molecule has 0 aromatic rings. The highest BCUT2D eigenvalue weighted by Gasteiger charge is 2.71. The fourth-order valence-electron chi connectivity index (χ4n) is 14.9. The van der Waals surface area contributed by atoms with Gasteiger partial charge in [-0.1, -0.05) is 58.9 Å². The molecule has 0 spiro atoms. The van der Waals surface area contributed by atoms with Gasteiger partial charge in [0.2, 0.25) is 0 Å². The first-order valence-electron chi connectivity index (χ1n) is 21.2. The number of hydrogen-bond acceptors (Lipinski definition) is 4. The van der Waals surface area contributed by atoms with Crippen LogP contribution < -0.4 is 5.32 Å². The minimum atomic E-state index is -4.40. The van der Waals surface area contributed by atoms with E-state index in [1.54, 1.807) is 0 Å². The maximum Gasteiger partial charge on any atom is 0.405 e. The van der Waals surface area contributed by atoms with Gasteiger partial charge in [0.15, 0.2) is 0 Å². The Balaban J connectivity index is 1.17. The van der Waals surface area contributed by atoms with Crippen molar-refractivity contribution in [1.29, 1.82) is 0 Å². The van der Waals surface area contributed by atoms with Crippen LogP contribution in [0.25, 0.3) is 0 Å². The molecule has 11 atom stereocenters. The van der Waals surface area contributed by atoms with Crippen molar-refractivity contribution in [2.24, 2.45) is 56.7 Å². The second-order valence-corrected chi connectivity index (χ2v) is 23.7. The molecule has 10 heteroatoms. The Labute approximate surface area is 328 Å². The topological polar surface area (TPSA) is 69.6 Å². The van der Waals surface area contributed by atoms with E-state index in [4.69, 9.17) is 0 Å². The van der Waals surface area contributed by atoms with Crippen molar-refractivity contribution >= 4 is 21.4 Å². The third-order valence-electron chi connectivity index (χ3n) is 18.2. The van der Waals surface area contributed by atoms with E-state index in [0.29, 0.717) is 55.2 Å². The van der Waals surface area contributed by atoms with Crippen LogP contribution in [0.1, 0.15) is 119 Å². The molecule has 1 saturated heterocycles. The molecular formula is C45H68F4N2O3S. The molecule has 1 aliphatic heterocycles. The predicted octanol–water partition coefficient (Wildman–Crippen LogP) is 9.64. The van der Waals surface area contributed by atoms with Crippen molar-refractivity contribution < 1.29 is 31.7 Å². The van der Waals surface area contributed by atoms with Crippen LogP contribution in [-0.4, -0.2) is 81.6 Å². The van der Waals surface area contributed by atoms with E-state index in [-0.39, 0.29) is 46.5 Å². The molecule has 7 rings (SSSR count). The predicted molar refractivity (Wildman–Crippen MR) is 215 cm³/mol. The molecule has 4 saturated carbocycles. The number of hydrogen-bond donors (Lipinski definition) is 2. The monoisotopic (exact) mass is 792 g/mol. The number of nitrogens with one attached hydrogen (secondary N) is 1. The normalized spacial score (nSPS) is 44.5. The van der Waals surface area contributed by atoms with Gasteiger partial charge in [-0.25, -0.2) is 4.39 Å². The SMILES string of the molecule is C=C(C)[C@@H]1CC[C@]2(NC(CN3CCS(=C)(=O)CC3)C(F)(F)F)CC[C@]3(C)[C@H](CC[C@@H]4[C@@]5(C)CC=C(C6=CC[C@](CF)(C(=O)O)CC6)C(C)(C)[C@@H]5CC[C@]43C)[C@@H]12. The quantitative estimate of drug-likeness (QED) is 0.146. The number of fused-ring (bicyclic) bond motifs is 7. The number of alkyl halides is 4. The molecule has 55 heavy (non-hydrogen) atoms. The van der Waals surface area contributed by atoms with E-state index < -0.39 is 45.3 Å². The molecular weight excluding hydrogens is 725 g/mol. The van der Waals surface area contributed by atoms with Crippen molar-refractivity contribution in [2.45, 2.75) is 136 Å². The Morgan fingerprint density at radius 2 is 1.65 bits per heavy atom. The summed E-state index contributed by atoms with van der Waals surface area (Å²) in [5.74, 6) is 4.95. The van der Waals surface area contributed by atoms with Gasteiger partial charge in [0.25, 0.3) is 0 Å². The van der Waals surface area contributed by atoms with Gasteiger partial charge in [-0.3, -0.25) is 19.2 Å². The van der Waals surface area contributed by atoms with Gasteiger partial charge in [-0.05, 0) is 162 Å². The highest BCUT2D eigenvalue weighted by molar-refractivity contribution is 8.00. The van der Waals surface area contributed by atoms with Gasteiger partial charge in [0.1, 0.15) is 12.7 Å². The summed E-state index contributed by atoms with van der Waals surface area (Å²) in [7, 11) is -2.20. The number of halogens is 4. The van der Waals surface area contributed by atoms with Gasteiger partial charge < -0.3 is 5.11 Å². The van der Waals surface area contributed by atoms with Crippen LogP contribution in [0.5, 0.6) is 0 Å². The molecule has 1 heterocycles. The zero-order valence-electron chi connectivity index (χ0n) is 34.4. The summed E-state index contributed by atoms with van der Waals surface area (Å²) < 4.78 is 71.7. The van der Waals surface area contributed by atoms with E-state index in [1.165, 1.54) is 11.1 Å². The molecule has 5 nitrogen and oxygen atoms in total. The van der Waals surface area contributed by atoms with Gasteiger partial charge in [0, 0.05) is 36.7 Å². The first-order chi connectivity index (χ1) is 25.5. The Morgan fingerprint density at radius 3 is 2.24 bits per heavy atom. The van der Waals surface area contributed by atoms with Crippen LogP contribution in [0.2, 0.25) is 0 Å². The van der Waals surface area contributed by atoms with E-state index >= 15 is 13.2 Å². The number of aliphatic carboxylic acids is 1. The average molecular weight is 793 g/mol. The number of nitrogens with zero attached hydrogens (tertiary/aromatic N) is 1. The van der Waals surface area contributed by atoms with Crippen LogP contribution >= 0.6 is 0 Å². The summed E-state index contributed by atoms with van der Waals surface area (Å²) in [5, 5.41) is 13.2. The lowest BCUT2D eigenvalue weighted by Crippen LogP contribution is -2.70. The van der Waals surface area contributed by atoms with Crippen molar-refractivity contribution in [2.75, 3.05) is 37.8 Å². The lowest BCUT2D eigenvalue weighted by Gasteiger charge is -2.72. The smallest absolute Gasteiger partial charge is 0.405 e. The molecule has 1 unspecified atom stereocenters. The molecule has 7 aliphatic rings. The molecule has 0 aromatic carbocycles. The summed E-state index contributed by atoms with van der Waals surface area (Å²) in [6.07, 6.45) is 9.66. The number of allylic oxidation sites excluding steroid dienone is 5. The molecule has 0 amide bonds. The highest BCUT2D eigenvalue weighted by Crippen LogP contribution is 2.76. The second kappa shape index (κ2) is 13.7. The highest BCUT2D eigenvalue weighted by atomic mass is 32.2. The molecule has 0 radical (unpaired) electrons. The minimum Gasteiger partial charge on any atom is -0.481 e. The summed E-state index contributed by atoms with van der Waals surface area (Å²) >= 11 is 0. The first-order valence-corrected chi connectivity index (χ1v) is 23.3. The average Bonchev–Trinajstić information content (AvgIpc) is 3.48. The van der Waals surface area contributed by atoms with Gasteiger partial charge in [-0.15, -0.1) is 0 Å². The van der Waals surface area contributed by atoms with E-state index in [0.717, 1.165) is 63.4 Å². The van der Waals surface area contributed by atoms with Crippen molar-refractivity contribution in [3.8, 4) is 0 Å². The Bertz CT molecular complexity index is 1720. The molecule has 310 valence electrons.